The highest BCUT2D eigenvalue weighted by Gasteiger charge is 2.24. The zero-order valence-electron chi connectivity index (χ0n) is 11.6. The molecule has 2 unspecified atom stereocenters. The molecule has 5 heteroatoms. The molecule has 0 spiro atoms. The number of hydrogen-bond acceptors (Lipinski definition) is 4. The van der Waals surface area contributed by atoms with E-state index in [1.165, 1.54) is 0 Å². The van der Waals surface area contributed by atoms with Crippen molar-refractivity contribution >= 4 is 5.91 Å². The number of carbonyl (C=O) groups is 1. The first-order valence-electron chi connectivity index (χ1n) is 6.75. The van der Waals surface area contributed by atoms with Gasteiger partial charge in [0.05, 0.1) is 18.7 Å². The number of nitrogens with two attached hydrogens (primary N) is 1. The highest BCUT2D eigenvalue weighted by Crippen LogP contribution is 2.16. The summed E-state index contributed by atoms with van der Waals surface area (Å²) in [4.78, 5) is 16.4. The van der Waals surface area contributed by atoms with Crippen molar-refractivity contribution in [3.63, 3.8) is 0 Å². The lowest BCUT2D eigenvalue weighted by Gasteiger charge is -2.19. The van der Waals surface area contributed by atoms with Crippen LogP contribution in [-0.2, 0) is 4.74 Å². The van der Waals surface area contributed by atoms with Crippen LogP contribution in [-0.4, -0.2) is 36.7 Å². The van der Waals surface area contributed by atoms with Crippen LogP contribution >= 0.6 is 0 Å². The summed E-state index contributed by atoms with van der Waals surface area (Å²) in [5, 5.41) is 2.97. The summed E-state index contributed by atoms with van der Waals surface area (Å²) in [6.07, 6.45) is 2.56. The summed E-state index contributed by atoms with van der Waals surface area (Å²) in [6.45, 7) is 3.71. The molecule has 0 saturated carbocycles. The van der Waals surface area contributed by atoms with Crippen LogP contribution in [0.3, 0.4) is 0 Å². The molecule has 0 bridgehead atoms. The largest absolute Gasteiger partial charge is 0.381 e. The maximum atomic E-state index is 12.3. The van der Waals surface area contributed by atoms with E-state index in [9.17, 15) is 4.79 Å². The molecule has 1 amide bonds. The predicted octanol–water partition coefficient (Wildman–Crippen LogP) is 0.547. The number of hydrogen-bond donors (Lipinski definition) is 2. The van der Waals surface area contributed by atoms with E-state index in [1.54, 1.807) is 18.3 Å². The number of ether oxygens (including phenoxy) is 1. The van der Waals surface area contributed by atoms with E-state index in [0.717, 1.165) is 13.0 Å². The molecule has 0 aliphatic carbocycles. The average molecular weight is 273 g/mol. The summed E-state index contributed by atoms with van der Waals surface area (Å²) in [6, 6.07) is 3.58. The van der Waals surface area contributed by atoms with Gasteiger partial charge in [0.2, 0.25) is 0 Å². The summed E-state index contributed by atoms with van der Waals surface area (Å²) < 4.78 is 5.34. The molecule has 1 aromatic rings. The minimum absolute atomic E-state index is 0.0577. The molecule has 1 saturated heterocycles. The molecule has 1 aliphatic heterocycles. The number of aromatic nitrogens is 1. The van der Waals surface area contributed by atoms with Crippen molar-refractivity contribution in [3.8, 4) is 11.8 Å². The molecule has 20 heavy (non-hydrogen) atoms. The van der Waals surface area contributed by atoms with E-state index >= 15 is 0 Å². The fourth-order valence-corrected chi connectivity index (χ4v) is 2.17. The molecule has 106 valence electrons. The fraction of sp³-hybridized carbons (Fsp3) is 0.467. The number of rotatable bonds is 3. The third kappa shape index (κ3) is 3.56. The lowest BCUT2D eigenvalue weighted by atomic mass is 10.0. The first-order valence-corrected chi connectivity index (χ1v) is 6.75. The number of nitrogens with zero attached hydrogens (tertiary/aromatic N) is 1. The van der Waals surface area contributed by atoms with Crippen LogP contribution in [0, 0.1) is 17.8 Å². The maximum absolute atomic E-state index is 12.3. The van der Waals surface area contributed by atoms with Gasteiger partial charge in [0.1, 0.15) is 5.69 Å². The van der Waals surface area contributed by atoms with E-state index in [1.807, 2.05) is 6.92 Å². The van der Waals surface area contributed by atoms with Crippen LogP contribution in [0.5, 0.6) is 0 Å². The normalized spacial score (nSPS) is 19.0. The Bertz CT molecular complexity index is 527. The van der Waals surface area contributed by atoms with Gasteiger partial charge in [-0.3, -0.25) is 4.79 Å². The maximum Gasteiger partial charge on any atom is 0.271 e. The highest BCUT2D eigenvalue weighted by molar-refractivity contribution is 5.94. The van der Waals surface area contributed by atoms with E-state index in [2.05, 4.69) is 22.1 Å². The molecule has 0 aromatic carbocycles. The molecular formula is C15H19N3O2. The predicted molar refractivity (Wildman–Crippen MR) is 76.0 cm³/mol. The van der Waals surface area contributed by atoms with Crippen molar-refractivity contribution < 1.29 is 9.53 Å². The molecule has 3 N–H and O–H groups in total. The van der Waals surface area contributed by atoms with Gasteiger partial charge in [-0.25, -0.2) is 4.98 Å². The van der Waals surface area contributed by atoms with Gasteiger partial charge in [0.25, 0.3) is 5.91 Å². The van der Waals surface area contributed by atoms with E-state index in [-0.39, 0.29) is 18.5 Å². The van der Waals surface area contributed by atoms with Gasteiger partial charge in [0.15, 0.2) is 0 Å². The molecule has 2 heterocycles. The molecule has 5 nitrogen and oxygen atoms in total. The summed E-state index contributed by atoms with van der Waals surface area (Å²) >= 11 is 0. The quantitative estimate of drug-likeness (QED) is 0.788. The van der Waals surface area contributed by atoms with Crippen LogP contribution < -0.4 is 11.1 Å². The Balaban J connectivity index is 2.08. The minimum atomic E-state index is -0.202. The van der Waals surface area contributed by atoms with Gasteiger partial charge >= 0.3 is 0 Å². The summed E-state index contributed by atoms with van der Waals surface area (Å²) in [7, 11) is 0. The third-order valence-electron chi connectivity index (χ3n) is 3.38. The standard InChI is InChI=1S/C15H19N3O2/c1-11(13-6-9-20-10-13)18-15(19)14-12(4-2-7-16)5-3-8-17-14/h3,5,8,11,13H,6-7,9-10,16H2,1H3,(H,18,19). The third-order valence-corrected chi connectivity index (χ3v) is 3.38. The van der Waals surface area contributed by atoms with E-state index in [4.69, 9.17) is 10.5 Å². The van der Waals surface area contributed by atoms with Gasteiger partial charge < -0.3 is 15.8 Å². The number of nitrogens with one attached hydrogen (secondary N) is 1. The Morgan fingerprint density at radius 2 is 2.55 bits per heavy atom. The van der Waals surface area contributed by atoms with Gasteiger partial charge in [0, 0.05) is 24.8 Å². The van der Waals surface area contributed by atoms with Crippen molar-refractivity contribution in [2.24, 2.45) is 11.7 Å². The first-order chi connectivity index (χ1) is 9.72. The SMILES string of the molecule is CC(NC(=O)c1ncccc1C#CCN)C1CCOC1. The van der Waals surface area contributed by atoms with Crippen LogP contribution in [0.1, 0.15) is 29.4 Å². The first kappa shape index (κ1) is 14.5. The van der Waals surface area contributed by atoms with Crippen molar-refractivity contribution in [1.82, 2.24) is 10.3 Å². The second kappa shape index (κ2) is 7.04. The van der Waals surface area contributed by atoms with Crippen LogP contribution in [0.25, 0.3) is 0 Å². The van der Waals surface area contributed by atoms with E-state index < -0.39 is 0 Å². The molecule has 1 fully saturated rings. The zero-order chi connectivity index (χ0) is 14.4. The van der Waals surface area contributed by atoms with Crippen molar-refractivity contribution in [3.05, 3.63) is 29.6 Å². The second-order valence-electron chi connectivity index (χ2n) is 4.79. The van der Waals surface area contributed by atoms with Crippen LogP contribution in [0.15, 0.2) is 18.3 Å². The van der Waals surface area contributed by atoms with Crippen molar-refractivity contribution in [1.29, 1.82) is 0 Å². The minimum Gasteiger partial charge on any atom is -0.381 e. The molecule has 2 rings (SSSR count). The average Bonchev–Trinajstić information content (AvgIpc) is 2.99. The number of carbonyl (C=O) groups excluding carboxylic acids is 1. The Morgan fingerprint density at radius 3 is 3.25 bits per heavy atom. The van der Waals surface area contributed by atoms with Crippen molar-refractivity contribution in [2.75, 3.05) is 19.8 Å². The van der Waals surface area contributed by atoms with Gasteiger partial charge in [-0.15, -0.1) is 0 Å². The van der Waals surface area contributed by atoms with Gasteiger partial charge in [-0.2, -0.15) is 0 Å². The Morgan fingerprint density at radius 1 is 1.70 bits per heavy atom. The zero-order valence-corrected chi connectivity index (χ0v) is 11.6. The van der Waals surface area contributed by atoms with Gasteiger partial charge in [-0.05, 0) is 25.5 Å². The van der Waals surface area contributed by atoms with Crippen molar-refractivity contribution in [2.45, 2.75) is 19.4 Å². The molecular weight excluding hydrogens is 254 g/mol. The molecule has 0 radical (unpaired) electrons. The summed E-state index contributed by atoms with van der Waals surface area (Å²) in [5.41, 5.74) is 6.31. The van der Waals surface area contributed by atoms with Crippen LogP contribution in [0.2, 0.25) is 0 Å². The topological polar surface area (TPSA) is 77.2 Å². The monoisotopic (exact) mass is 273 g/mol. The lowest BCUT2D eigenvalue weighted by molar-refractivity contribution is 0.0917. The van der Waals surface area contributed by atoms with Crippen LogP contribution in [0.4, 0.5) is 0 Å². The second-order valence-corrected chi connectivity index (χ2v) is 4.79. The highest BCUT2D eigenvalue weighted by atomic mass is 16.5. The van der Waals surface area contributed by atoms with Gasteiger partial charge in [-0.1, -0.05) is 11.8 Å². The molecule has 1 aliphatic rings. The summed E-state index contributed by atoms with van der Waals surface area (Å²) in [5.74, 6) is 5.78. The molecule has 2 atom stereocenters. The Kier molecular flexibility index (Phi) is 5.10. The molecule has 1 aromatic heterocycles. The number of pyridine rings is 1. The Labute approximate surface area is 118 Å². The number of amides is 1. The van der Waals surface area contributed by atoms with E-state index in [0.29, 0.717) is 23.8 Å². The fourth-order valence-electron chi connectivity index (χ4n) is 2.17. The Hall–Kier alpha value is -1.90. The smallest absolute Gasteiger partial charge is 0.271 e. The lowest BCUT2D eigenvalue weighted by Crippen LogP contribution is -2.39.